The lowest BCUT2D eigenvalue weighted by molar-refractivity contribution is 0.682. The molecule has 1 aromatic carbocycles. The zero-order valence-corrected chi connectivity index (χ0v) is 9.64. The van der Waals surface area contributed by atoms with E-state index in [1.54, 1.807) is 0 Å². The molecule has 1 unspecified atom stereocenters. The highest BCUT2D eigenvalue weighted by atomic mass is 15.2. The van der Waals surface area contributed by atoms with Crippen LogP contribution in [0.25, 0.3) is 11.0 Å². The summed E-state index contributed by atoms with van der Waals surface area (Å²) < 4.78 is 0. The molecule has 0 radical (unpaired) electrons. The number of hydrogen-bond donors (Lipinski definition) is 1. The van der Waals surface area contributed by atoms with Gasteiger partial charge in [0.1, 0.15) is 5.52 Å². The van der Waals surface area contributed by atoms with Crippen LogP contribution in [-0.4, -0.2) is 21.2 Å². The maximum absolute atomic E-state index is 4.41. The molecule has 84 valence electrons. The lowest BCUT2D eigenvalue weighted by atomic mass is 10.2. The molecule has 0 saturated heterocycles. The molecule has 4 nitrogen and oxygen atoms in total. The average Bonchev–Trinajstić information content (AvgIpc) is 2.29. The third-order valence-corrected chi connectivity index (χ3v) is 2.46. The van der Waals surface area contributed by atoms with Crippen LogP contribution in [0.5, 0.6) is 0 Å². The number of para-hydroxylation sites is 1. The van der Waals surface area contributed by atoms with Gasteiger partial charge < -0.3 is 5.32 Å². The smallest absolute Gasteiger partial charge is 0.243 e. The lowest BCUT2D eigenvalue weighted by Crippen LogP contribution is -2.16. The zero-order valence-electron chi connectivity index (χ0n) is 9.64. The van der Waals surface area contributed by atoms with Gasteiger partial charge in [-0.3, -0.25) is 0 Å². The van der Waals surface area contributed by atoms with E-state index in [9.17, 15) is 0 Å². The van der Waals surface area contributed by atoms with Crippen LogP contribution in [0.3, 0.4) is 0 Å². The standard InChI is InChI=1S/C12H16N4/c1-3-6-9(2)13-12-14-10-7-4-5-8-11(10)15-16-12/h4-5,7-9H,3,6H2,1-2H3,(H,13,14,16). The van der Waals surface area contributed by atoms with Crippen molar-refractivity contribution in [1.29, 1.82) is 0 Å². The van der Waals surface area contributed by atoms with Gasteiger partial charge in [0.15, 0.2) is 0 Å². The van der Waals surface area contributed by atoms with E-state index in [1.807, 2.05) is 24.3 Å². The Morgan fingerprint density at radius 1 is 1.19 bits per heavy atom. The first-order valence-electron chi connectivity index (χ1n) is 5.65. The Labute approximate surface area is 95.1 Å². The summed E-state index contributed by atoms with van der Waals surface area (Å²) in [6, 6.07) is 8.13. The van der Waals surface area contributed by atoms with Gasteiger partial charge in [0, 0.05) is 6.04 Å². The van der Waals surface area contributed by atoms with E-state index in [1.165, 1.54) is 0 Å². The van der Waals surface area contributed by atoms with Gasteiger partial charge in [-0.15, -0.1) is 10.2 Å². The summed E-state index contributed by atoms with van der Waals surface area (Å²) in [4.78, 5) is 4.41. The first kappa shape index (κ1) is 10.8. The zero-order chi connectivity index (χ0) is 11.4. The highest BCUT2D eigenvalue weighted by Gasteiger charge is 2.04. The third-order valence-electron chi connectivity index (χ3n) is 2.46. The predicted molar refractivity (Wildman–Crippen MR) is 65.3 cm³/mol. The number of fused-ring (bicyclic) bond motifs is 1. The summed E-state index contributed by atoms with van der Waals surface area (Å²) in [5, 5.41) is 11.4. The van der Waals surface area contributed by atoms with Crippen molar-refractivity contribution in [2.24, 2.45) is 0 Å². The second kappa shape index (κ2) is 4.88. The number of aromatic nitrogens is 3. The van der Waals surface area contributed by atoms with Crippen LogP contribution in [0.2, 0.25) is 0 Å². The molecule has 0 saturated carbocycles. The minimum Gasteiger partial charge on any atom is -0.350 e. The summed E-state index contributed by atoms with van der Waals surface area (Å²) in [6.45, 7) is 4.29. The Morgan fingerprint density at radius 2 is 1.94 bits per heavy atom. The second-order valence-electron chi connectivity index (χ2n) is 3.96. The van der Waals surface area contributed by atoms with Gasteiger partial charge in [-0.05, 0) is 25.5 Å². The van der Waals surface area contributed by atoms with Crippen molar-refractivity contribution in [3.8, 4) is 0 Å². The Morgan fingerprint density at radius 3 is 2.69 bits per heavy atom. The SMILES string of the molecule is CCCC(C)Nc1nnc2ccccc2n1. The first-order chi connectivity index (χ1) is 7.79. The summed E-state index contributed by atoms with van der Waals surface area (Å²) in [5.41, 5.74) is 1.71. The van der Waals surface area contributed by atoms with E-state index in [0.29, 0.717) is 12.0 Å². The highest BCUT2D eigenvalue weighted by molar-refractivity contribution is 5.74. The van der Waals surface area contributed by atoms with E-state index in [-0.39, 0.29) is 0 Å². The van der Waals surface area contributed by atoms with Crippen molar-refractivity contribution in [2.45, 2.75) is 32.7 Å². The summed E-state index contributed by atoms with van der Waals surface area (Å²) in [5.74, 6) is 0.611. The fraction of sp³-hybridized carbons (Fsp3) is 0.417. The van der Waals surface area contributed by atoms with Gasteiger partial charge in [0.05, 0.1) is 5.52 Å². The fourth-order valence-corrected chi connectivity index (χ4v) is 1.67. The molecule has 0 aliphatic rings. The highest BCUT2D eigenvalue weighted by Crippen LogP contribution is 2.10. The molecule has 4 heteroatoms. The van der Waals surface area contributed by atoms with Crippen LogP contribution in [0.1, 0.15) is 26.7 Å². The molecule has 0 amide bonds. The molecule has 2 aromatic rings. The van der Waals surface area contributed by atoms with Crippen LogP contribution >= 0.6 is 0 Å². The van der Waals surface area contributed by atoms with Gasteiger partial charge in [-0.2, -0.15) is 0 Å². The van der Waals surface area contributed by atoms with Crippen molar-refractivity contribution in [3.05, 3.63) is 24.3 Å². The molecule has 0 spiro atoms. The molecule has 0 aliphatic carbocycles. The topological polar surface area (TPSA) is 50.7 Å². The van der Waals surface area contributed by atoms with Gasteiger partial charge in [0.25, 0.3) is 0 Å². The largest absolute Gasteiger partial charge is 0.350 e. The van der Waals surface area contributed by atoms with Crippen LogP contribution in [0, 0.1) is 0 Å². The minimum absolute atomic E-state index is 0.382. The third kappa shape index (κ3) is 2.45. The monoisotopic (exact) mass is 216 g/mol. The normalized spacial score (nSPS) is 12.6. The molecule has 1 atom stereocenters. The van der Waals surface area contributed by atoms with Crippen LogP contribution in [-0.2, 0) is 0 Å². The predicted octanol–water partition coefficient (Wildman–Crippen LogP) is 2.63. The summed E-state index contributed by atoms with van der Waals surface area (Å²) >= 11 is 0. The molecule has 0 aliphatic heterocycles. The Kier molecular flexibility index (Phi) is 3.29. The molecule has 0 fully saturated rings. The number of rotatable bonds is 4. The van der Waals surface area contributed by atoms with E-state index in [0.717, 1.165) is 23.9 Å². The average molecular weight is 216 g/mol. The molecule has 1 N–H and O–H groups in total. The van der Waals surface area contributed by atoms with Crippen LogP contribution in [0.15, 0.2) is 24.3 Å². The van der Waals surface area contributed by atoms with Gasteiger partial charge in [0.2, 0.25) is 5.95 Å². The van der Waals surface area contributed by atoms with E-state index >= 15 is 0 Å². The summed E-state index contributed by atoms with van der Waals surface area (Å²) in [7, 11) is 0. The number of nitrogens with zero attached hydrogens (tertiary/aromatic N) is 3. The maximum atomic E-state index is 4.41. The second-order valence-corrected chi connectivity index (χ2v) is 3.96. The molecule has 1 heterocycles. The molecule has 2 rings (SSSR count). The summed E-state index contributed by atoms with van der Waals surface area (Å²) in [6.07, 6.45) is 2.26. The lowest BCUT2D eigenvalue weighted by Gasteiger charge is -2.11. The Bertz CT molecular complexity index is 469. The van der Waals surface area contributed by atoms with Crippen molar-refractivity contribution < 1.29 is 0 Å². The van der Waals surface area contributed by atoms with Crippen molar-refractivity contribution >= 4 is 17.0 Å². The Balaban J connectivity index is 2.19. The van der Waals surface area contributed by atoms with Crippen LogP contribution in [0.4, 0.5) is 5.95 Å². The van der Waals surface area contributed by atoms with E-state index in [4.69, 9.17) is 0 Å². The minimum atomic E-state index is 0.382. The van der Waals surface area contributed by atoms with Crippen molar-refractivity contribution in [1.82, 2.24) is 15.2 Å². The van der Waals surface area contributed by atoms with Gasteiger partial charge in [-0.1, -0.05) is 25.5 Å². The number of nitrogens with one attached hydrogen (secondary N) is 1. The van der Waals surface area contributed by atoms with Gasteiger partial charge in [-0.25, -0.2) is 4.98 Å². The number of anilines is 1. The maximum Gasteiger partial charge on any atom is 0.243 e. The fourth-order valence-electron chi connectivity index (χ4n) is 1.67. The van der Waals surface area contributed by atoms with Gasteiger partial charge >= 0.3 is 0 Å². The number of benzene rings is 1. The molecule has 1 aromatic heterocycles. The Hall–Kier alpha value is -1.71. The molecule has 16 heavy (non-hydrogen) atoms. The number of hydrogen-bond acceptors (Lipinski definition) is 4. The molecular formula is C12H16N4. The van der Waals surface area contributed by atoms with E-state index in [2.05, 4.69) is 34.3 Å². The molecular weight excluding hydrogens is 200 g/mol. The quantitative estimate of drug-likeness (QED) is 0.853. The molecule has 0 bridgehead atoms. The first-order valence-corrected chi connectivity index (χ1v) is 5.65. The van der Waals surface area contributed by atoms with Crippen molar-refractivity contribution in [3.63, 3.8) is 0 Å². The van der Waals surface area contributed by atoms with Crippen LogP contribution < -0.4 is 5.32 Å². The van der Waals surface area contributed by atoms with E-state index < -0.39 is 0 Å². The van der Waals surface area contributed by atoms with Crippen molar-refractivity contribution in [2.75, 3.05) is 5.32 Å².